The third kappa shape index (κ3) is 3.62. The Morgan fingerprint density at radius 1 is 1.10 bits per heavy atom. The number of aliphatic hydroxyl groups is 1. The molecule has 2 aromatic carbocycles. The minimum Gasteiger partial charge on any atom is -0.496 e. The molecular weight excluding hydrogens is 316 g/mol. The van der Waals surface area contributed by atoms with E-state index in [-0.39, 0.29) is 0 Å². The van der Waals surface area contributed by atoms with Crippen molar-refractivity contribution >= 4 is 15.9 Å². The van der Waals surface area contributed by atoms with Gasteiger partial charge in [-0.2, -0.15) is 0 Å². The van der Waals surface area contributed by atoms with Crippen LogP contribution in [0.3, 0.4) is 0 Å². The van der Waals surface area contributed by atoms with Gasteiger partial charge in [0.1, 0.15) is 5.75 Å². The SMILES string of the molecule is CCc1ccc(CC(O)c2cc(Br)ccc2OC)cc1. The summed E-state index contributed by atoms with van der Waals surface area (Å²) in [5.74, 6) is 0.714. The smallest absolute Gasteiger partial charge is 0.124 e. The number of methoxy groups -OCH3 is 1. The van der Waals surface area contributed by atoms with Crippen LogP contribution in [-0.4, -0.2) is 12.2 Å². The summed E-state index contributed by atoms with van der Waals surface area (Å²) in [6, 6.07) is 14.1. The molecule has 1 unspecified atom stereocenters. The highest BCUT2D eigenvalue weighted by Gasteiger charge is 2.14. The van der Waals surface area contributed by atoms with Crippen molar-refractivity contribution in [3.63, 3.8) is 0 Å². The Labute approximate surface area is 128 Å². The van der Waals surface area contributed by atoms with Crippen LogP contribution in [0.4, 0.5) is 0 Å². The van der Waals surface area contributed by atoms with Crippen LogP contribution in [0.2, 0.25) is 0 Å². The van der Waals surface area contributed by atoms with Gasteiger partial charge in [0.25, 0.3) is 0 Å². The van der Waals surface area contributed by atoms with Gasteiger partial charge in [-0.25, -0.2) is 0 Å². The van der Waals surface area contributed by atoms with Gasteiger partial charge in [-0.3, -0.25) is 0 Å². The van der Waals surface area contributed by atoms with Gasteiger partial charge in [-0.05, 0) is 35.7 Å². The minimum atomic E-state index is -0.574. The van der Waals surface area contributed by atoms with E-state index < -0.39 is 6.10 Å². The Balaban J connectivity index is 2.18. The van der Waals surface area contributed by atoms with E-state index in [2.05, 4.69) is 47.1 Å². The molecule has 1 atom stereocenters. The predicted octanol–water partition coefficient (Wildman–Crippen LogP) is 4.30. The van der Waals surface area contributed by atoms with E-state index in [4.69, 9.17) is 4.74 Å². The molecule has 2 nitrogen and oxygen atoms in total. The molecule has 0 saturated heterocycles. The quantitative estimate of drug-likeness (QED) is 0.883. The number of ether oxygens (including phenoxy) is 1. The molecular formula is C17H19BrO2. The van der Waals surface area contributed by atoms with Crippen molar-refractivity contribution in [3.8, 4) is 5.75 Å². The molecule has 2 aromatic rings. The Morgan fingerprint density at radius 3 is 2.35 bits per heavy atom. The van der Waals surface area contributed by atoms with E-state index in [1.165, 1.54) is 5.56 Å². The van der Waals surface area contributed by atoms with E-state index in [1.807, 2.05) is 18.2 Å². The monoisotopic (exact) mass is 334 g/mol. The maximum absolute atomic E-state index is 10.4. The topological polar surface area (TPSA) is 29.5 Å². The highest BCUT2D eigenvalue weighted by atomic mass is 79.9. The van der Waals surface area contributed by atoms with Gasteiger partial charge in [0, 0.05) is 16.5 Å². The Kier molecular flexibility index (Phi) is 5.21. The normalized spacial score (nSPS) is 12.2. The van der Waals surface area contributed by atoms with Crippen LogP contribution in [0.25, 0.3) is 0 Å². The summed E-state index contributed by atoms with van der Waals surface area (Å²) in [4.78, 5) is 0. The second-order valence-corrected chi connectivity index (χ2v) is 5.69. The lowest BCUT2D eigenvalue weighted by Crippen LogP contribution is -2.04. The number of halogens is 1. The summed E-state index contributed by atoms with van der Waals surface area (Å²) >= 11 is 3.43. The molecule has 0 spiro atoms. The zero-order valence-electron chi connectivity index (χ0n) is 11.8. The zero-order valence-corrected chi connectivity index (χ0v) is 13.4. The van der Waals surface area contributed by atoms with Crippen molar-refractivity contribution in [2.45, 2.75) is 25.9 Å². The van der Waals surface area contributed by atoms with Gasteiger partial charge in [0.05, 0.1) is 13.2 Å². The Morgan fingerprint density at radius 2 is 1.75 bits per heavy atom. The lowest BCUT2D eigenvalue weighted by molar-refractivity contribution is 0.174. The molecule has 0 saturated carbocycles. The van der Waals surface area contributed by atoms with Gasteiger partial charge in [0.15, 0.2) is 0 Å². The molecule has 0 aliphatic carbocycles. The van der Waals surface area contributed by atoms with Crippen LogP contribution in [0.15, 0.2) is 46.9 Å². The van der Waals surface area contributed by atoms with Gasteiger partial charge in [-0.1, -0.05) is 47.1 Å². The van der Waals surface area contributed by atoms with E-state index in [9.17, 15) is 5.11 Å². The molecule has 3 heteroatoms. The second-order valence-electron chi connectivity index (χ2n) is 4.78. The Hall–Kier alpha value is -1.32. The fourth-order valence-electron chi connectivity index (χ4n) is 2.21. The first-order chi connectivity index (χ1) is 9.63. The number of rotatable bonds is 5. The maximum Gasteiger partial charge on any atom is 0.124 e. The third-order valence-corrected chi connectivity index (χ3v) is 3.90. The first-order valence-electron chi connectivity index (χ1n) is 6.73. The van der Waals surface area contributed by atoms with Gasteiger partial charge in [0.2, 0.25) is 0 Å². The zero-order chi connectivity index (χ0) is 14.5. The summed E-state index contributed by atoms with van der Waals surface area (Å²) in [5, 5.41) is 10.4. The summed E-state index contributed by atoms with van der Waals surface area (Å²) in [6.07, 6.45) is 1.04. The molecule has 1 N–H and O–H groups in total. The number of aliphatic hydroxyl groups excluding tert-OH is 1. The molecule has 0 heterocycles. The molecule has 0 radical (unpaired) electrons. The predicted molar refractivity (Wildman–Crippen MR) is 85.2 cm³/mol. The number of hydrogen-bond acceptors (Lipinski definition) is 2. The highest BCUT2D eigenvalue weighted by molar-refractivity contribution is 9.10. The van der Waals surface area contributed by atoms with Crippen molar-refractivity contribution in [2.24, 2.45) is 0 Å². The molecule has 0 bridgehead atoms. The molecule has 0 fully saturated rings. The van der Waals surface area contributed by atoms with Gasteiger partial charge >= 0.3 is 0 Å². The van der Waals surface area contributed by atoms with Gasteiger partial charge < -0.3 is 9.84 Å². The van der Waals surface area contributed by atoms with Crippen molar-refractivity contribution in [1.82, 2.24) is 0 Å². The number of hydrogen-bond donors (Lipinski definition) is 1. The molecule has 0 aliphatic rings. The number of benzene rings is 2. The molecule has 20 heavy (non-hydrogen) atoms. The van der Waals surface area contributed by atoms with Crippen LogP contribution in [0.1, 0.15) is 29.7 Å². The highest BCUT2D eigenvalue weighted by Crippen LogP contribution is 2.30. The summed E-state index contributed by atoms with van der Waals surface area (Å²) in [5.41, 5.74) is 3.24. The van der Waals surface area contributed by atoms with Crippen molar-refractivity contribution in [1.29, 1.82) is 0 Å². The van der Waals surface area contributed by atoms with Crippen LogP contribution in [-0.2, 0) is 12.8 Å². The first kappa shape index (κ1) is 15.1. The van der Waals surface area contributed by atoms with Crippen LogP contribution in [0, 0.1) is 0 Å². The molecule has 106 valence electrons. The second kappa shape index (κ2) is 6.91. The van der Waals surface area contributed by atoms with Crippen molar-refractivity contribution in [3.05, 3.63) is 63.6 Å². The fraction of sp³-hybridized carbons (Fsp3) is 0.294. The van der Waals surface area contributed by atoms with Crippen molar-refractivity contribution < 1.29 is 9.84 Å². The third-order valence-electron chi connectivity index (χ3n) is 3.41. The molecule has 0 amide bonds. The van der Waals surface area contributed by atoms with E-state index in [0.29, 0.717) is 12.2 Å². The fourth-order valence-corrected chi connectivity index (χ4v) is 2.59. The van der Waals surface area contributed by atoms with Crippen LogP contribution >= 0.6 is 15.9 Å². The van der Waals surface area contributed by atoms with Gasteiger partial charge in [-0.15, -0.1) is 0 Å². The van der Waals surface area contributed by atoms with E-state index >= 15 is 0 Å². The van der Waals surface area contributed by atoms with E-state index in [0.717, 1.165) is 22.0 Å². The standard InChI is InChI=1S/C17H19BrO2/c1-3-12-4-6-13(7-5-12)10-16(19)15-11-14(18)8-9-17(15)20-2/h4-9,11,16,19H,3,10H2,1-2H3. The van der Waals surface area contributed by atoms with Crippen LogP contribution < -0.4 is 4.74 Å². The summed E-state index contributed by atoms with van der Waals surface area (Å²) < 4.78 is 6.25. The lowest BCUT2D eigenvalue weighted by Gasteiger charge is -2.15. The van der Waals surface area contributed by atoms with E-state index in [1.54, 1.807) is 7.11 Å². The minimum absolute atomic E-state index is 0.574. The largest absolute Gasteiger partial charge is 0.496 e. The lowest BCUT2D eigenvalue weighted by atomic mass is 9.99. The molecule has 2 rings (SSSR count). The average Bonchev–Trinajstić information content (AvgIpc) is 2.48. The first-order valence-corrected chi connectivity index (χ1v) is 7.52. The van der Waals surface area contributed by atoms with Crippen LogP contribution in [0.5, 0.6) is 5.75 Å². The average molecular weight is 335 g/mol. The Bertz CT molecular complexity index is 564. The summed E-state index contributed by atoms with van der Waals surface area (Å²) in [7, 11) is 1.62. The molecule has 0 aliphatic heterocycles. The van der Waals surface area contributed by atoms with Crippen molar-refractivity contribution in [2.75, 3.05) is 7.11 Å². The summed E-state index contributed by atoms with van der Waals surface area (Å²) in [6.45, 7) is 2.14. The molecule has 0 aromatic heterocycles. The maximum atomic E-state index is 10.4. The number of aryl methyl sites for hydroxylation is 1.